The fourth-order valence-electron chi connectivity index (χ4n) is 6.85. The molecule has 7 nitrogen and oxygen atoms in total. The van der Waals surface area contributed by atoms with Gasteiger partial charge in [0.15, 0.2) is 0 Å². The van der Waals surface area contributed by atoms with E-state index in [0.29, 0.717) is 42.5 Å². The lowest BCUT2D eigenvalue weighted by Gasteiger charge is -2.35. The molecule has 232 valence electrons. The molecule has 47 heavy (non-hydrogen) atoms. The van der Waals surface area contributed by atoms with E-state index in [2.05, 4.69) is 38.7 Å². The van der Waals surface area contributed by atoms with Gasteiger partial charge >= 0.3 is 0 Å². The number of benzene rings is 4. The molecule has 0 radical (unpaired) electrons. The molecule has 4 aromatic carbocycles. The van der Waals surface area contributed by atoms with Crippen LogP contribution >= 0.6 is 11.6 Å². The first-order chi connectivity index (χ1) is 23.0. The summed E-state index contributed by atoms with van der Waals surface area (Å²) in [7, 11) is 0. The molecule has 2 aliphatic rings. The third-order valence-electron chi connectivity index (χ3n) is 9.31. The number of nitrogens with zero attached hydrogens (tertiary/aromatic N) is 5. The number of amides is 2. The number of aromatic nitrogens is 2. The molecule has 2 aliphatic heterocycles. The summed E-state index contributed by atoms with van der Waals surface area (Å²) in [5.41, 5.74) is 5.77. The average Bonchev–Trinajstić information content (AvgIpc) is 3.44. The number of carbonyl (C=O) groups excluding carboxylic acids is 2. The fraction of sp³-hybridized carbons (Fsp3) is 0.154. The molecule has 2 aromatic heterocycles. The summed E-state index contributed by atoms with van der Waals surface area (Å²) < 4.78 is 2.06. The smallest absolute Gasteiger partial charge is 0.270 e. The maximum atomic E-state index is 14.3. The largest absolute Gasteiger partial charge is 0.353 e. The van der Waals surface area contributed by atoms with Gasteiger partial charge < -0.3 is 19.3 Å². The van der Waals surface area contributed by atoms with Gasteiger partial charge in [0.05, 0.1) is 23.7 Å². The van der Waals surface area contributed by atoms with Gasteiger partial charge in [0.25, 0.3) is 11.8 Å². The zero-order valence-corrected chi connectivity index (χ0v) is 26.5. The lowest BCUT2D eigenvalue weighted by Crippen LogP contribution is -2.49. The Balaban J connectivity index is 1.07. The average molecular weight is 638 g/mol. The van der Waals surface area contributed by atoms with E-state index in [9.17, 15) is 9.59 Å². The van der Waals surface area contributed by atoms with E-state index in [4.69, 9.17) is 11.6 Å². The molecular weight excluding hydrogens is 606 g/mol. The maximum Gasteiger partial charge on any atom is 0.270 e. The Morgan fingerprint density at radius 2 is 1.49 bits per heavy atom. The minimum atomic E-state index is -0.180. The second-order valence-electron chi connectivity index (χ2n) is 12.0. The van der Waals surface area contributed by atoms with Crippen molar-refractivity contribution in [3.05, 3.63) is 149 Å². The summed E-state index contributed by atoms with van der Waals surface area (Å²) in [6, 6.07) is 37.8. The van der Waals surface area contributed by atoms with Gasteiger partial charge in [0.2, 0.25) is 0 Å². The zero-order valence-electron chi connectivity index (χ0n) is 25.7. The van der Waals surface area contributed by atoms with E-state index in [-0.39, 0.29) is 11.8 Å². The van der Waals surface area contributed by atoms with E-state index in [1.165, 1.54) is 0 Å². The molecule has 0 N–H and O–H groups in total. The number of para-hydroxylation sites is 1. The van der Waals surface area contributed by atoms with Gasteiger partial charge in [-0.15, -0.1) is 0 Å². The van der Waals surface area contributed by atoms with Crippen molar-refractivity contribution in [2.75, 3.05) is 36.0 Å². The number of fused-ring (bicyclic) bond motifs is 3. The summed E-state index contributed by atoms with van der Waals surface area (Å²) in [6.07, 6.45) is 1.80. The van der Waals surface area contributed by atoms with E-state index in [1.54, 1.807) is 11.1 Å². The summed E-state index contributed by atoms with van der Waals surface area (Å²) in [4.78, 5) is 38.6. The van der Waals surface area contributed by atoms with Crippen molar-refractivity contribution >= 4 is 45.7 Å². The van der Waals surface area contributed by atoms with Crippen LogP contribution in [0.2, 0.25) is 5.02 Å². The zero-order chi connectivity index (χ0) is 31.9. The van der Waals surface area contributed by atoms with Crippen molar-refractivity contribution in [3.63, 3.8) is 0 Å². The summed E-state index contributed by atoms with van der Waals surface area (Å²) in [6.45, 7) is 3.49. The first-order valence-corrected chi connectivity index (χ1v) is 16.2. The first kappa shape index (κ1) is 29.0. The highest BCUT2D eigenvalue weighted by atomic mass is 35.5. The van der Waals surface area contributed by atoms with Crippen LogP contribution in [0.5, 0.6) is 0 Å². The van der Waals surface area contributed by atoms with Gasteiger partial charge in [-0.05, 0) is 69.9 Å². The van der Waals surface area contributed by atoms with Crippen molar-refractivity contribution in [2.24, 2.45) is 0 Å². The Morgan fingerprint density at radius 3 is 2.32 bits per heavy atom. The van der Waals surface area contributed by atoms with Crippen molar-refractivity contribution < 1.29 is 9.59 Å². The van der Waals surface area contributed by atoms with Crippen LogP contribution in [0, 0.1) is 0 Å². The highest BCUT2D eigenvalue weighted by Crippen LogP contribution is 2.35. The Kier molecular flexibility index (Phi) is 7.46. The third-order valence-corrected chi connectivity index (χ3v) is 9.62. The lowest BCUT2D eigenvalue weighted by molar-refractivity contribution is 0.0735. The quantitative estimate of drug-likeness (QED) is 0.201. The van der Waals surface area contributed by atoms with E-state index < -0.39 is 0 Å². The molecular formula is C39H32ClN5O2. The predicted molar refractivity (Wildman–Crippen MR) is 187 cm³/mol. The third kappa shape index (κ3) is 5.32. The van der Waals surface area contributed by atoms with Crippen LogP contribution in [0.3, 0.4) is 0 Å². The van der Waals surface area contributed by atoms with Crippen molar-refractivity contribution in [1.82, 2.24) is 14.5 Å². The minimum Gasteiger partial charge on any atom is -0.353 e. The maximum absolute atomic E-state index is 14.3. The lowest BCUT2D eigenvalue weighted by atomic mass is 9.97. The van der Waals surface area contributed by atoms with Crippen LogP contribution in [0.25, 0.3) is 21.9 Å². The number of anilines is 2. The van der Waals surface area contributed by atoms with Crippen molar-refractivity contribution in [1.29, 1.82) is 0 Å². The topological polar surface area (TPSA) is 61.7 Å². The molecule has 1 fully saturated rings. The van der Waals surface area contributed by atoms with Gasteiger partial charge in [0.1, 0.15) is 11.5 Å². The van der Waals surface area contributed by atoms with Crippen molar-refractivity contribution in [2.45, 2.75) is 13.1 Å². The molecule has 8 heteroatoms. The summed E-state index contributed by atoms with van der Waals surface area (Å²) in [5, 5.41) is 2.68. The molecule has 4 heterocycles. The normalized spacial score (nSPS) is 14.4. The number of rotatable bonds is 4. The number of hydrogen-bond acceptors (Lipinski definition) is 4. The number of hydrogen-bond donors (Lipinski definition) is 0. The van der Waals surface area contributed by atoms with E-state index in [1.807, 2.05) is 95.9 Å². The molecule has 0 bridgehead atoms. The summed E-state index contributed by atoms with van der Waals surface area (Å²) in [5.74, 6) is 0.752. The number of piperazine rings is 1. The van der Waals surface area contributed by atoms with Crippen LogP contribution in [0.15, 0.2) is 121 Å². The Hall–Kier alpha value is -5.40. The van der Waals surface area contributed by atoms with Gasteiger partial charge in [-0.2, -0.15) is 0 Å². The Morgan fingerprint density at radius 1 is 0.702 bits per heavy atom. The van der Waals surface area contributed by atoms with Crippen LogP contribution in [0.1, 0.15) is 32.1 Å². The van der Waals surface area contributed by atoms with Gasteiger partial charge in [-0.3, -0.25) is 9.59 Å². The molecule has 8 rings (SSSR count). The van der Waals surface area contributed by atoms with Gasteiger partial charge in [-0.1, -0.05) is 84.4 Å². The second kappa shape index (κ2) is 12.1. The fourth-order valence-corrected chi connectivity index (χ4v) is 7.11. The van der Waals surface area contributed by atoms with E-state index >= 15 is 0 Å². The van der Waals surface area contributed by atoms with Crippen LogP contribution in [-0.2, 0) is 13.1 Å². The standard InChI is InChI=1S/C39H32ClN5O2/c40-34-24-28(32-12-7-10-27-8-1-3-11-31(27)32)15-17-33(34)38(46)45-26-30-16-18-36(44(30)25-29-9-2-4-13-35(29)45)39(47)43-22-20-42(21-23-43)37-14-5-6-19-41-37/h1-19,24H,20-23,25-26H2. The molecule has 6 aromatic rings. The van der Waals surface area contributed by atoms with Crippen LogP contribution in [-0.4, -0.2) is 52.4 Å². The van der Waals surface area contributed by atoms with Crippen LogP contribution in [0.4, 0.5) is 11.5 Å². The summed E-state index contributed by atoms with van der Waals surface area (Å²) >= 11 is 6.88. The van der Waals surface area contributed by atoms with E-state index in [0.717, 1.165) is 57.8 Å². The molecule has 0 unspecified atom stereocenters. The Labute approximate surface area is 278 Å². The molecule has 0 atom stereocenters. The molecule has 0 aliphatic carbocycles. The number of carbonyl (C=O) groups is 2. The van der Waals surface area contributed by atoms with Gasteiger partial charge in [-0.25, -0.2) is 4.98 Å². The SMILES string of the molecule is O=C(c1ccc2n1Cc1ccccc1N(C(=O)c1ccc(-c3cccc4ccccc34)cc1Cl)C2)N1CCN(c2ccccn2)CC1. The monoisotopic (exact) mass is 637 g/mol. The van der Waals surface area contributed by atoms with Crippen molar-refractivity contribution in [3.8, 4) is 11.1 Å². The van der Waals surface area contributed by atoms with Crippen LogP contribution < -0.4 is 9.80 Å². The highest BCUT2D eigenvalue weighted by molar-refractivity contribution is 6.35. The highest BCUT2D eigenvalue weighted by Gasteiger charge is 2.30. The predicted octanol–water partition coefficient (Wildman–Crippen LogP) is 7.53. The molecule has 1 saturated heterocycles. The molecule has 0 saturated carbocycles. The second-order valence-corrected chi connectivity index (χ2v) is 12.4. The molecule has 0 spiro atoms. The first-order valence-electron chi connectivity index (χ1n) is 15.9. The molecule has 2 amide bonds. The van der Waals surface area contributed by atoms with Gasteiger partial charge in [0, 0.05) is 43.8 Å². The Bertz CT molecular complexity index is 2130. The number of halogens is 1. The minimum absolute atomic E-state index is 0.00116. The number of pyridine rings is 1.